The van der Waals surface area contributed by atoms with Crippen LogP contribution in [0, 0.1) is 12.7 Å². The summed E-state index contributed by atoms with van der Waals surface area (Å²) in [6.45, 7) is 1.98. The summed E-state index contributed by atoms with van der Waals surface area (Å²) in [5.41, 5.74) is 3.22. The summed E-state index contributed by atoms with van der Waals surface area (Å²) in [5.74, 6) is 0.220. The SMILES string of the molecule is Cc1cccc2c(SCC(=O)Nc3ccc(Cl)cc3)nc(-c3ccc(F)cc3)nc12. The van der Waals surface area contributed by atoms with Crippen molar-refractivity contribution in [1.29, 1.82) is 0 Å². The first-order chi connectivity index (χ1) is 14.5. The second-order valence-corrected chi connectivity index (χ2v) is 8.07. The van der Waals surface area contributed by atoms with Gasteiger partial charge in [0.25, 0.3) is 0 Å². The zero-order chi connectivity index (χ0) is 21.1. The number of amides is 1. The van der Waals surface area contributed by atoms with Crippen molar-refractivity contribution >= 4 is 45.9 Å². The molecule has 3 aromatic carbocycles. The van der Waals surface area contributed by atoms with E-state index in [2.05, 4.69) is 15.3 Å². The first-order valence-electron chi connectivity index (χ1n) is 9.21. The molecule has 0 aliphatic heterocycles. The Kier molecular flexibility index (Phi) is 5.97. The van der Waals surface area contributed by atoms with Crippen LogP contribution in [0.25, 0.3) is 22.3 Å². The van der Waals surface area contributed by atoms with E-state index in [0.717, 1.165) is 16.5 Å². The molecule has 4 aromatic rings. The smallest absolute Gasteiger partial charge is 0.234 e. The van der Waals surface area contributed by atoms with Crippen molar-refractivity contribution in [3.8, 4) is 11.4 Å². The number of hydrogen-bond donors (Lipinski definition) is 1. The molecule has 4 rings (SSSR count). The van der Waals surface area contributed by atoms with Crippen molar-refractivity contribution < 1.29 is 9.18 Å². The van der Waals surface area contributed by atoms with Gasteiger partial charge < -0.3 is 5.32 Å². The van der Waals surface area contributed by atoms with E-state index in [1.807, 2.05) is 25.1 Å². The Labute approximate surface area is 182 Å². The number of benzene rings is 3. The molecule has 0 radical (unpaired) electrons. The van der Waals surface area contributed by atoms with E-state index in [1.165, 1.54) is 23.9 Å². The molecule has 0 unspecified atom stereocenters. The second kappa shape index (κ2) is 8.81. The van der Waals surface area contributed by atoms with Crippen molar-refractivity contribution in [1.82, 2.24) is 9.97 Å². The number of aryl methyl sites for hydroxylation is 1. The number of nitrogens with zero attached hydrogens (tertiary/aromatic N) is 2. The highest BCUT2D eigenvalue weighted by atomic mass is 35.5. The van der Waals surface area contributed by atoms with Gasteiger partial charge in [-0.3, -0.25) is 4.79 Å². The van der Waals surface area contributed by atoms with Crippen molar-refractivity contribution in [2.45, 2.75) is 11.9 Å². The first kappa shape index (κ1) is 20.3. The van der Waals surface area contributed by atoms with E-state index in [4.69, 9.17) is 11.6 Å². The van der Waals surface area contributed by atoms with Gasteiger partial charge in [-0.2, -0.15) is 0 Å². The summed E-state index contributed by atoms with van der Waals surface area (Å²) >= 11 is 7.22. The predicted octanol–water partition coefficient (Wildman–Crippen LogP) is 6.13. The number of anilines is 1. The summed E-state index contributed by atoms with van der Waals surface area (Å²) in [5, 5.41) is 5.04. The number of fused-ring (bicyclic) bond motifs is 1. The number of hydrogen-bond acceptors (Lipinski definition) is 4. The van der Waals surface area contributed by atoms with Gasteiger partial charge in [-0.25, -0.2) is 14.4 Å². The van der Waals surface area contributed by atoms with E-state index in [-0.39, 0.29) is 17.5 Å². The quantitative estimate of drug-likeness (QED) is 0.301. The monoisotopic (exact) mass is 437 g/mol. The van der Waals surface area contributed by atoms with Crippen molar-refractivity contribution in [2.75, 3.05) is 11.1 Å². The normalized spacial score (nSPS) is 10.9. The Hall–Kier alpha value is -2.96. The van der Waals surface area contributed by atoms with Crippen molar-refractivity contribution in [3.05, 3.63) is 83.1 Å². The van der Waals surface area contributed by atoms with E-state index >= 15 is 0 Å². The van der Waals surface area contributed by atoms with Gasteiger partial charge in [0.1, 0.15) is 10.8 Å². The average molecular weight is 438 g/mol. The van der Waals surface area contributed by atoms with Gasteiger partial charge in [-0.05, 0) is 61.0 Å². The Balaban J connectivity index is 1.62. The van der Waals surface area contributed by atoms with Gasteiger partial charge in [0.15, 0.2) is 5.82 Å². The van der Waals surface area contributed by atoms with E-state index in [9.17, 15) is 9.18 Å². The van der Waals surface area contributed by atoms with E-state index in [1.54, 1.807) is 36.4 Å². The summed E-state index contributed by atoms with van der Waals surface area (Å²) in [6.07, 6.45) is 0. The Morgan fingerprint density at radius 3 is 2.50 bits per heavy atom. The zero-order valence-electron chi connectivity index (χ0n) is 16.0. The molecule has 0 saturated heterocycles. The van der Waals surface area contributed by atoms with Crippen LogP contribution in [0.15, 0.2) is 71.8 Å². The molecule has 1 amide bonds. The van der Waals surface area contributed by atoms with Crippen LogP contribution >= 0.6 is 23.4 Å². The lowest BCUT2D eigenvalue weighted by Crippen LogP contribution is -2.14. The highest BCUT2D eigenvalue weighted by molar-refractivity contribution is 8.00. The lowest BCUT2D eigenvalue weighted by atomic mass is 10.1. The highest BCUT2D eigenvalue weighted by Gasteiger charge is 2.13. The topological polar surface area (TPSA) is 54.9 Å². The number of carbonyl (C=O) groups excluding carboxylic acids is 1. The summed E-state index contributed by atoms with van der Waals surface area (Å²) in [6, 6.07) is 18.9. The minimum Gasteiger partial charge on any atom is -0.325 e. The molecule has 4 nitrogen and oxygen atoms in total. The minimum absolute atomic E-state index is 0.148. The van der Waals surface area contributed by atoms with Gasteiger partial charge in [0, 0.05) is 21.7 Å². The molecule has 0 aliphatic rings. The highest BCUT2D eigenvalue weighted by Crippen LogP contribution is 2.30. The van der Waals surface area contributed by atoms with Gasteiger partial charge in [-0.1, -0.05) is 41.6 Å². The molecule has 0 atom stereocenters. The molecule has 0 fully saturated rings. The maximum absolute atomic E-state index is 13.3. The number of para-hydroxylation sites is 1. The zero-order valence-corrected chi connectivity index (χ0v) is 17.6. The van der Waals surface area contributed by atoms with Crippen molar-refractivity contribution in [2.24, 2.45) is 0 Å². The molecule has 30 heavy (non-hydrogen) atoms. The van der Waals surface area contributed by atoms with E-state index in [0.29, 0.717) is 27.1 Å². The average Bonchev–Trinajstić information content (AvgIpc) is 2.74. The van der Waals surface area contributed by atoms with Crippen molar-refractivity contribution in [3.63, 3.8) is 0 Å². The van der Waals surface area contributed by atoms with Crippen LogP contribution in [-0.2, 0) is 4.79 Å². The molecule has 0 spiro atoms. The number of nitrogens with one attached hydrogen (secondary N) is 1. The Morgan fingerprint density at radius 1 is 1.03 bits per heavy atom. The van der Waals surface area contributed by atoms with Gasteiger partial charge in [0.05, 0.1) is 11.3 Å². The van der Waals surface area contributed by atoms with E-state index < -0.39 is 0 Å². The Bertz CT molecular complexity index is 1210. The number of aromatic nitrogens is 2. The summed E-state index contributed by atoms with van der Waals surface area (Å²) < 4.78 is 13.3. The first-order valence-corrected chi connectivity index (χ1v) is 10.6. The Morgan fingerprint density at radius 2 is 1.77 bits per heavy atom. The molecule has 0 saturated carbocycles. The van der Waals surface area contributed by atoms with Crippen LogP contribution in [0.2, 0.25) is 5.02 Å². The molecule has 1 aromatic heterocycles. The summed E-state index contributed by atoms with van der Waals surface area (Å²) in [7, 11) is 0. The lowest BCUT2D eigenvalue weighted by molar-refractivity contribution is -0.113. The number of halogens is 2. The van der Waals surface area contributed by atoms with Gasteiger partial charge >= 0.3 is 0 Å². The molecule has 7 heteroatoms. The number of thioether (sulfide) groups is 1. The minimum atomic E-state index is -0.316. The van der Waals surface area contributed by atoms with Crippen LogP contribution in [0.5, 0.6) is 0 Å². The molecule has 150 valence electrons. The molecular formula is C23H17ClFN3OS. The molecule has 0 aliphatic carbocycles. The van der Waals surface area contributed by atoms with Gasteiger partial charge in [-0.15, -0.1) is 0 Å². The van der Waals surface area contributed by atoms with Crippen LogP contribution in [0.1, 0.15) is 5.56 Å². The third kappa shape index (κ3) is 4.61. The molecule has 1 heterocycles. The third-order valence-corrected chi connectivity index (χ3v) is 5.71. The van der Waals surface area contributed by atoms with Crippen LogP contribution in [0.4, 0.5) is 10.1 Å². The lowest BCUT2D eigenvalue weighted by Gasteiger charge is -2.10. The second-order valence-electron chi connectivity index (χ2n) is 6.67. The largest absolute Gasteiger partial charge is 0.325 e. The molecular weight excluding hydrogens is 421 g/mol. The van der Waals surface area contributed by atoms with Crippen LogP contribution in [-0.4, -0.2) is 21.6 Å². The summed E-state index contributed by atoms with van der Waals surface area (Å²) in [4.78, 5) is 21.8. The predicted molar refractivity (Wildman–Crippen MR) is 120 cm³/mol. The standard InChI is InChI=1S/C23H17ClFN3OS/c1-14-3-2-4-19-21(14)27-22(15-5-9-17(25)10-6-15)28-23(19)30-13-20(29)26-18-11-7-16(24)8-12-18/h2-12H,13H2,1H3,(H,26,29). The fraction of sp³-hybridized carbons (Fsp3) is 0.0870. The van der Waals surface area contributed by atoms with Crippen LogP contribution < -0.4 is 5.32 Å². The third-order valence-electron chi connectivity index (χ3n) is 4.46. The molecule has 1 N–H and O–H groups in total. The fourth-order valence-corrected chi connectivity index (χ4v) is 3.91. The molecule has 0 bridgehead atoms. The maximum atomic E-state index is 13.3. The maximum Gasteiger partial charge on any atom is 0.234 e. The fourth-order valence-electron chi connectivity index (χ4n) is 2.97. The number of carbonyl (C=O) groups is 1. The van der Waals surface area contributed by atoms with Crippen LogP contribution in [0.3, 0.4) is 0 Å². The number of rotatable bonds is 5. The van der Waals surface area contributed by atoms with Gasteiger partial charge in [0.2, 0.25) is 5.91 Å².